The molecule has 0 aliphatic rings. The van der Waals surface area contributed by atoms with E-state index in [-0.39, 0.29) is 0 Å². The molecule has 0 amide bonds. The molecule has 2 rings (SSSR count). The monoisotopic (exact) mass is 180 g/mol. The number of hydrogen-bond donors (Lipinski definition) is 0. The summed E-state index contributed by atoms with van der Waals surface area (Å²) >= 11 is 0. The highest BCUT2D eigenvalue weighted by Crippen LogP contribution is 1.96. The van der Waals surface area contributed by atoms with Crippen molar-refractivity contribution in [1.29, 1.82) is 0 Å². The number of hydrogen-bond acceptors (Lipinski definition) is 2. The summed E-state index contributed by atoms with van der Waals surface area (Å²) < 4.78 is 0. The molecule has 0 unspecified atom stereocenters. The Bertz CT molecular complexity index is 408. The van der Waals surface area contributed by atoms with Crippen molar-refractivity contribution in [2.45, 2.75) is 0 Å². The second-order valence-electron chi connectivity index (χ2n) is 2.71. The van der Waals surface area contributed by atoms with Gasteiger partial charge in [0.2, 0.25) is 0 Å². The van der Waals surface area contributed by atoms with Crippen molar-refractivity contribution in [3.63, 3.8) is 0 Å². The molecule has 0 saturated carbocycles. The zero-order chi connectivity index (χ0) is 9.64. The standard InChI is InChI=1S/C12H8N2/c1-2-4-11(5-3-1)6-7-12-8-9-13-10-14-12/h1-5,8-10H. The molecule has 0 radical (unpaired) electrons. The SMILES string of the molecule is C(#Cc1ccncn1)c1ccccc1. The van der Waals surface area contributed by atoms with Gasteiger partial charge < -0.3 is 0 Å². The number of benzene rings is 1. The Kier molecular flexibility index (Phi) is 2.54. The van der Waals surface area contributed by atoms with Crippen LogP contribution >= 0.6 is 0 Å². The van der Waals surface area contributed by atoms with Gasteiger partial charge in [-0.15, -0.1) is 0 Å². The summed E-state index contributed by atoms with van der Waals surface area (Å²) in [6.07, 6.45) is 3.18. The van der Waals surface area contributed by atoms with Crippen LogP contribution in [0.4, 0.5) is 0 Å². The molecule has 1 heterocycles. The molecule has 0 aliphatic carbocycles. The molecule has 2 aromatic rings. The first kappa shape index (κ1) is 8.46. The second-order valence-corrected chi connectivity index (χ2v) is 2.71. The maximum Gasteiger partial charge on any atom is 0.116 e. The summed E-state index contributed by atoms with van der Waals surface area (Å²) in [6.45, 7) is 0. The van der Waals surface area contributed by atoms with Crippen LogP contribution in [-0.2, 0) is 0 Å². The molecule has 14 heavy (non-hydrogen) atoms. The van der Waals surface area contributed by atoms with Crippen molar-refractivity contribution < 1.29 is 0 Å². The third kappa shape index (κ3) is 2.18. The fourth-order valence-electron chi connectivity index (χ4n) is 1.02. The lowest BCUT2D eigenvalue weighted by Crippen LogP contribution is -1.81. The molecular formula is C12H8N2. The van der Waals surface area contributed by atoms with Gasteiger partial charge in [0.1, 0.15) is 12.0 Å². The van der Waals surface area contributed by atoms with Crippen molar-refractivity contribution in [2.75, 3.05) is 0 Å². The maximum atomic E-state index is 4.01. The van der Waals surface area contributed by atoms with Crippen molar-refractivity contribution in [2.24, 2.45) is 0 Å². The zero-order valence-electron chi connectivity index (χ0n) is 7.51. The van der Waals surface area contributed by atoms with Gasteiger partial charge >= 0.3 is 0 Å². The lowest BCUT2D eigenvalue weighted by atomic mass is 10.2. The molecule has 0 N–H and O–H groups in total. The molecule has 1 aromatic carbocycles. The van der Waals surface area contributed by atoms with E-state index in [1.807, 2.05) is 30.3 Å². The van der Waals surface area contributed by atoms with Gasteiger partial charge in [0.05, 0.1) is 0 Å². The zero-order valence-corrected chi connectivity index (χ0v) is 7.51. The molecule has 2 nitrogen and oxygen atoms in total. The highest BCUT2D eigenvalue weighted by molar-refractivity contribution is 5.39. The van der Waals surface area contributed by atoms with E-state index in [4.69, 9.17) is 0 Å². The number of aromatic nitrogens is 2. The average molecular weight is 180 g/mol. The summed E-state index contributed by atoms with van der Waals surface area (Å²) in [5, 5.41) is 0. The highest BCUT2D eigenvalue weighted by Gasteiger charge is 1.84. The third-order valence-corrected chi connectivity index (χ3v) is 1.69. The van der Waals surface area contributed by atoms with Crippen molar-refractivity contribution >= 4 is 0 Å². The number of nitrogens with zero attached hydrogens (tertiary/aromatic N) is 2. The quantitative estimate of drug-likeness (QED) is 0.578. The Morgan fingerprint density at radius 2 is 1.79 bits per heavy atom. The van der Waals surface area contributed by atoms with Crippen LogP contribution < -0.4 is 0 Å². The topological polar surface area (TPSA) is 25.8 Å². The first-order chi connectivity index (χ1) is 6.95. The van der Waals surface area contributed by atoms with Crippen LogP contribution in [0.25, 0.3) is 0 Å². The molecule has 0 saturated heterocycles. The average Bonchev–Trinajstić information content (AvgIpc) is 2.29. The van der Waals surface area contributed by atoms with E-state index in [1.165, 1.54) is 6.33 Å². The smallest absolute Gasteiger partial charge is 0.116 e. The molecule has 0 spiro atoms. The summed E-state index contributed by atoms with van der Waals surface area (Å²) in [6, 6.07) is 11.6. The third-order valence-electron chi connectivity index (χ3n) is 1.69. The normalized spacial score (nSPS) is 8.86. The van der Waals surface area contributed by atoms with Crippen LogP contribution in [0.1, 0.15) is 11.3 Å². The Balaban J connectivity index is 2.24. The van der Waals surface area contributed by atoms with Crippen LogP contribution in [0.2, 0.25) is 0 Å². The molecular weight excluding hydrogens is 172 g/mol. The fraction of sp³-hybridized carbons (Fsp3) is 0. The van der Waals surface area contributed by atoms with Crippen molar-refractivity contribution in [3.8, 4) is 11.8 Å². The van der Waals surface area contributed by atoms with Gasteiger partial charge in [-0.3, -0.25) is 0 Å². The van der Waals surface area contributed by atoms with Gasteiger partial charge in [-0.2, -0.15) is 0 Å². The van der Waals surface area contributed by atoms with E-state index >= 15 is 0 Å². The second kappa shape index (κ2) is 4.20. The predicted octanol–water partition coefficient (Wildman–Crippen LogP) is 1.88. The highest BCUT2D eigenvalue weighted by atomic mass is 14.8. The van der Waals surface area contributed by atoms with Crippen LogP contribution in [0.3, 0.4) is 0 Å². The summed E-state index contributed by atoms with van der Waals surface area (Å²) in [5.74, 6) is 5.98. The fourth-order valence-corrected chi connectivity index (χ4v) is 1.02. The molecule has 66 valence electrons. The minimum Gasteiger partial charge on any atom is -0.245 e. The Morgan fingerprint density at radius 3 is 2.50 bits per heavy atom. The molecule has 0 atom stereocenters. The van der Waals surface area contributed by atoms with E-state index in [0.717, 1.165) is 11.3 Å². The van der Waals surface area contributed by atoms with Crippen molar-refractivity contribution in [1.82, 2.24) is 9.97 Å². The lowest BCUT2D eigenvalue weighted by Gasteiger charge is -1.87. The van der Waals surface area contributed by atoms with Gasteiger partial charge in [0.25, 0.3) is 0 Å². The first-order valence-electron chi connectivity index (χ1n) is 4.28. The summed E-state index contributed by atoms with van der Waals surface area (Å²) in [7, 11) is 0. The molecule has 2 heteroatoms. The Morgan fingerprint density at radius 1 is 0.929 bits per heavy atom. The molecule has 0 aliphatic heterocycles. The van der Waals surface area contributed by atoms with E-state index in [2.05, 4.69) is 21.8 Å². The van der Waals surface area contributed by atoms with E-state index in [9.17, 15) is 0 Å². The van der Waals surface area contributed by atoms with E-state index < -0.39 is 0 Å². The Hall–Kier alpha value is -2.14. The maximum absolute atomic E-state index is 4.01. The van der Waals surface area contributed by atoms with E-state index in [0.29, 0.717) is 0 Å². The van der Waals surface area contributed by atoms with Gasteiger partial charge in [0, 0.05) is 11.8 Å². The van der Waals surface area contributed by atoms with Crippen molar-refractivity contribution in [3.05, 3.63) is 60.2 Å². The molecule has 0 fully saturated rings. The van der Waals surface area contributed by atoms with E-state index in [1.54, 1.807) is 12.3 Å². The van der Waals surface area contributed by atoms with Crippen LogP contribution in [0, 0.1) is 11.8 Å². The van der Waals surface area contributed by atoms with Crippen LogP contribution in [0.15, 0.2) is 48.9 Å². The summed E-state index contributed by atoms with van der Waals surface area (Å²) in [5.41, 5.74) is 1.73. The summed E-state index contributed by atoms with van der Waals surface area (Å²) in [4.78, 5) is 7.83. The first-order valence-corrected chi connectivity index (χ1v) is 4.28. The van der Waals surface area contributed by atoms with Gasteiger partial charge in [-0.05, 0) is 24.1 Å². The van der Waals surface area contributed by atoms with Gasteiger partial charge in [-0.1, -0.05) is 24.1 Å². The molecule has 1 aromatic heterocycles. The van der Waals surface area contributed by atoms with Gasteiger partial charge in [-0.25, -0.2) is 9.97 Å². The van der Waals surface area contributed by atoms with Crippen LogP contribution in [0.5, 0.6) is 0 Å². The number of rotatable bonds is 0. The molecule has 0 bridgehead atoms. The lowest BCUT2D eigenvalue weighted by molar-refractivity contribution is 1.15. The van der Waals surface area contributed by atoms with Crippen LogP contribution in [-0.4, -0.2) is 9.97 Å². The largest absolute Gasteiger partial charge is 0.245 e. The Labute approximate surface area is 82.7 Å². The minimum atomic E-state index is 0.740. The van der Waals surface area contributed by atoms with Gasteiger partial charge in [0.15, 0.2) is 0 Å². The predicted molar refractivity (Wildman–Crippen MR) is 54.5 cm³/mol. The minimum absolute atomic E-state index is 0.740.